The molecule has 1 aliphatic rings. The van der Waals surface area contributed by atoms with Crippen LogP contribution in [0.3, 0.4) is 0 Å². The topological polar surface area (TPSA) is 68.3 Å². The van der Waals surface area contributed by atoms with Gasteiger partial charge >= 0.3 is 0 Å². The Hall–Kier alpha value is -2.28. The number of carbonyl (C=O) groups excluding carboxylic acids is 2. The van der Waals surface area contributed by atoms with Crippen molar-refractivity contribution in [3.8, 4) is 11.5 Å². The summed E-state index contributed by atoms with van der Waals surface area (Å²) in [5.41, 5.74) is 2.20. The lowest BCUT2D eigenvalue weighted by molar-refractivity contribution is -0.140. The molecule has 1 aliphatic heterocycles. The van der Waals surface area contributed by atoms with Crippen molar-refractivity contribution in [3.63, 3.8) is 0 Å². The molecule has 0 aromatic heterocycles. The molecule has 25 heavy (non-hydrogen) atoms. The Morgan fingerprint density at radius 2 is 1.76 bits per heavy atom. The van der Waals surface area contributed by atoms with E-state index < -0.39 is 0 Å². The predicted octanol–water partition coefficient (Wildman–Crippen LogP) is 1.08. The number of methoxy groups -OCH3 is 3. The van der Waals surface area contributed by atoms with Gasteiger partial charge in [0.1, 0.15) is 0 Å². The fourth-order valence-corrected chi connectivity index (χ4v) is 2.91. The molecule has 0 radical (unpaired) electrons. The average Bonchev–Trinajstić information content (AvgIpc) is 2.62. The highest BCUT2D eigenvalue weighted by Gasteiger charge is 2.24. The number of carbonyl (C=O) groups is 2. The van der Waals surface area contributed by atoms with Crippen molar-refractivity contribution in [2.45, 2.75) is 19.9 Å². The Balaban J connectivity index is 2.08. The van der Waals surface area contributed by atoms with Gasteiger partial charge in [0.15, 0.2) is 11.5 Å². The molecule has 1 aromatic rings. The van der Waals surface area contributed by atoms with Crippen LogP contribution in [-0.4, -0.2) is 69.2 Å². The summed E-state index contributed by atoms with van der Waals surface area (Å²) in [5, 5.41) is 0. The van der Waals surface area contributed by atoms with Gasteiger partial charge in [-0.3, -0.25) is 9.59 Å². The third kappa shape index (κ3) is 4.63. The summed E-state index contributed by atoms with van der Waals surface area (Å²) in [6, 6.07) is 3.89. The molecule has 0 fully saturated rings. The van der Waals surface area contributed by atoms with Crippen molar-refractivity contribution in [2.75, 3.05) is 47.6 Å². The van der Waals surface area contributed by atoms with Crippen LogP contribution in [0.1, 0.15) is 18.1 Å². The van der Waals surface area contributed by atoms with E-state index in [9.17, 15) is 9.59 Å². The van der Waals surface area contributed by atoms with E-state index in [1.54, 1.807) is 26.2 Å². The van der Waals surface area contributed by atoms with E-state index >= 15 is 0 Å². The number of rotatable bonds is 7. The molecule has 7 heteroatoms. The van der Waals surface area contributed by atoms with Gasteiger partial charge in [0.05, 0.1) is 27.4 Å². The molecule has 0 spiro atoms. The quantitative estimate of drug-likeness (QED) is 0.736. The first-order valence-corrected chi connectivity index (χ1v) is 8.26. The third-order valence-electron chi connectivity index (χ3n) is 4.41. The lowest BCUT2D eigenvalue weighted by Gasteiger charge is -2.31. The maximum absolute atomic E-state index is 12.6. The monoisotopic (exact) mass is 350 g/mol. The summed E-state index contributed by atoms with van der Waals surface area (Å²) in [7, 11) is 4.78. The zero-order valence-corrected chi connectivity index (χ0v) is 15.3. The van der Waals surface area contributed by atoms with Crippen LogP contribution in [-0.2, 0) is 27.3 Å². The number of hydrogen-bond donors (Lipinski definition) is 0. The molecule has 7 nitrogen and oxygen atoms in total. The second kappa shape index (κ2) is 8.71. The smallest absolute Gasteiger partial charge is 0.242 e. The molecule has 1 heterocycles. The van der Waals surface area contributed by atoms with Crippen molar-refractivity contribution in [1.29, 1.82) is 0 Å². The number of ether oxygens (including phenoxy) is 3. The number of hydrogen-bond acceptors (Lipinski definition) is 5. The lowest BCUT2D eigenvalue weighted by Crippen LogP contribution is -2.45. The van der Waals surface area contributed by atoms with Gasteiger partial charge in [-0.25, -0.2) is 0 Å². The van der Waals surface area contributed by atoms with Gasteiger partial charge in [-0.05, 0) is 29.7 Å². The van der Waals surface area contributed by atoms with Crippen LogP contribution >= 0.6 is 0 Å². The molecule has 138 valence electrons. The van der Waals surface area contributed by atoms with Gasteiger partial charge in [-0.1, -0.05) is 0 Å². The average molecular weight is 350 g/mol. The molecule has 1 aromatic carbocycles. The Morgan fingerprint density at radius 1 is 1.12 bits per heavy atom. The van der Waals surface area contributed by atoms with Crippen molar-refractivity contribution in [1.82, 2.24) is 9.80 Å². The summed E-state index contributed by atoms with van der Waals surface area (Å²) in [4.78, 5) is 27.6. The third-order valence-corrected chi connectivity index (χ3v) is 4.41. The van der Waals surface area contributed by atoms with Crippen LogP contribution in [0, 0.1) is 0 Å². The Morgan fingerprint density at radius 3 is 2.32 bits per heavy atom. The highest BCUT2D eigenvalue weighted by molar-refractivity contribution is 5.84. The van der Waals surface area contributed by atoms with Crippen LogP contribution in [0.25, 0.3) is 0 Å². The summed E-state index contributed by atoms with van der Waals surface area (Å²) in [6.45, 7) is 3.48. The minimum Gasteiger partial charge on any atom is -0.493 e. The van der Waals surface area contributed by atoms with Crippen molar-refractivity contribution < 1.29 is 23.8 Å². The lowest BCUT2D eigenvalue weighted by atomic mass is 9.98. The van der Waals surface area contributed by atoms with Gasteiger partial charge < -0.3 is 24.0 Å². The fourth-order valence-electron chi connectivity index (χ4n) is 2.91. The summed E-state index contributed by atoms with van der Waals surface area (Å²) < 4.78 is 15.7. The van der Waals surface area contributed by atoms with Crippen molar-refractivity contribution in [2.24, 2.45) is 0 Å². The van der Waals surface area contributed by atoms with Gasteiger partial charge in [-0.2, -0.15) is 0 Å². The minimum absolute atomic E-state index is 0.0632. The molecule has 0 saturated carbocycles. The molecule has 0 N–H and O–H groups in total. The Bertz CT molecular complexity index is 632. The second-order valence-corrected chi connectivity index (χ2v) is 5.97. The SMILES string of the molecule is COCCN(CC(=O)N1CCc2cc(OC)c(OC)cc2C1)C(C)=O. The van der Waals surface area contributed by atoms with E-state index in [0.717, 1.165) is 17.5 Å². The van der Waals surface area contributed by atoms with Gasteiger partial charge in [0.25, 0.3) is 0 Å². The second-order valence-electron chi connectivity index (χ2n) is 5.97. The molecule has 0 aliphatic carbocycles. The molecule has 0 unspecified atom stereocenters. The maximum atomic E-state index is 12.6. The van der Waals surface area contributed by atoms with E-state index in [0.29, 0.717) is 37.7 Å². The van der Waals surface area contributed by atoms with Crippen LogP contribution in [0.5, 0.6) is 11.5 Å². The Labute approximate surface area is 148 Å². The zero-order chi connectivity index (χ0) is 18.4. The van der Waals surface area contributed by atoms with E-state index in [4.69, 9.17) is 14.2 Å². The zero-order valence-electron chi connectivity index (χ0n) is 15.3. The van der Waals surface area contributed by atoms with E-state index in [-0.39, 0.29) is 18.4 Å². The molecule has 0 saturated heterocycles. The highest BCUT2D eigenvalue weighted by atomic mass is 16.5. The summed E-state index contributed by atoms with van der Waals surface area (Å²) >= 11 is 0. The van der Waals surface area contributed by atoms with Crippen molar-refractivity contribution in [3.05, 3.63) is 23.3 Å². The first-order valence-electron chi connectivity index (χ1n) is 8.26. The molecule has 2 amide bonds. The Kier molecular flexibility index (Phi) is 6.64. The molecular weight excluding hydrogens is 324 g/mol. The van der Waals surface area contributed by atoms with Crippen molar-refractivity contribution >= 4 is 11.8 Å². The van der Waals surface area contributed by atoms with Crippen LogP contribution < -0.4 is 9.47 Å². The first-order chi connectivity index (χ1) is 12.0. The number of benzene rings is 1. The van der Waals surface area contributed by atoms with E-state index in [1.807, 2.05) is 12.1 Å². The first kappa shape index (κ1) is 19.1. The normalized spacial score (nSPS) is 13.2. The number of fused-ring (bicyclic) bond motifs is 1. The number of amides is 2. The van der Waals surface area contributed by atoms with Crippen LogP contribution in [0.15, 0.2) is 12.1 Å². The largest absolute Gasteiger partial charge is 0.493 e. The van der Waals surface area contributed by atoms with Gasteiger partial charge in [0, 0.05) is 33.7 Å². The van der Waals surface area contributed by atoms with Crippen LogP contribution in [0.4, 0.5) is 0 Å². The molecule has 0 atom stereocenters. The predicted molar refractivity (Wildman–Crippen MR) is 92.8 cm³/mol. The minimum atomic E-state index is -0.130. The molecule has 0 bridgehead atoms. The summed E-state index contributed by atoms with van der Waals surface area (Å²) in [5.74, 6) is 1.16. The number of nitrogens with zero attached hydrogens (tertiary/aromatic N) is 2. The van der Waals surface area contributed by atoms with E-state index in [1.165, 1.54) is 11.8 Å². The van der Waals surface area contributed by atoms with Gasteiger partial charge in [0.2, 0.25) is 11.8 Å². The standard InChI is InChI=1S/C18H26N2O5/c1-13(21)19(7-8-23-2)12-18(22)20-6-5-14-9-16(24-3)17(25-4)10-15(14)11-20/h9-10H,5-8,11-12H2,1-4H3. The highest BCUT2D eigenvalue weighted by Crippen LogP contribution is 2.33. The molecule has 2 rings (SSSR count). The maximum Gasteiger partial charge on any atom is 0.242 e. The summed E-state index contributed by atoms with van der Waals surface area (Å²) in [6.07, 6.45) is 0.750. The van der Waals surface area contributed by atoms with E-state index in [2.05, 4.69) is 0 Å². The van der Waals surface area contributed by atoms with Gasteiger partial charge in [-0.15, -0.1) is 0 Å². The van der Waals surface area contributed by atoms with Crippen LogP contribution in [0.2, 0.25) is 0 Å². The fraction of sp³-hybridized carbons (Fsp3) is 0.556. The molecular formula is C18H26N2O5.